The molecule has 0 aliphatic rings. The van der Waals surface area contributed by atoms with Crippen LogP contribution in [0.2, 0.25) is 0 Å². The van der Waals surface area contributed by atoms with Crippen LogP contribution in [0.1, 0.15) is 5.56 Å². The molecule has 0 saturated heterocycles. The first-order valence-electron chi connectivity index (χ1n) is 4.42. The fourth-order valence-corrected chi connectivity index (χ4v) is 1.08. The summed E-state index contributed by atoms with van der Waals surface area (Å²) in [7, 11) is 0. The van der Waals surface area contributed by atoms with Crippen LogP contribution in [0.25, 0.3) is 0 Å². The lowest BCUT2D eigenvalue weighted by molar-refractivity contribution is -0.496. The molecule has 0 aromatic heterocycles. The third kappa shape index (κ3) is 3.74. The van der Waals surface area contributed by atoms with Crippen LogP contribution in [0.3, 0.4) is 0 Å². The Morgan fingerprint density at radius 3 is 2.62 bits per heavy atom. The van der Waals surface area contributed by atoms with Crippen LogP contribution in [0.15, 0.2) is 36.5 Å². The first kappa shape index (κ1) is 12.3. The van der Waals surface area contributed by atoms with Crippen LogP contribution >= 0.6 is 0 Å². The van der Waals surface area contributed by atoms with E-state index in [9.17, 15) is 13.2 Å². The van der Waals surface area contributed by atoms with E-state index in [1.54, 1.807) is 6.07 Å². The molecule has 0 saturated carbocycles. The number of amidine groups is 1. The van der Waals surface area contributed by atoms with Crippen molar-refractivity contribution in [1.29, 1.82) is 5.41 Å². The molecular formula is C10H11F3N3+. The van der Waals surface area contributed by atoms with E-state index < -0.39 is 11.7 Å². The maximum absolute atomic E-state index is 12.3. The van der Waals surface area contributed by atoms with E-state index in [1.807, 2.05) is 0 Å². The Morgan fingerprint density at radius 2 is 2.06 bits per heavy atom. The van der Waals surface area contributed by atoms with Gasteiger partial charge in [-0.1, -0.05) is 6.07 Å². The Bertz CT molecular complexity index is 410. The standard InChI is InChI=1S/C10H10F3N3/c11-10(12,13)7-2-1-3-8(6-7)16-5-4-9(14)15/h1-6,16H,(H3,14,15)/p+1. The Kier molecular flexibility index (Phi) is 3.68. The summed E-state index contributed by atoms with van der Waals surface area (Å²) in [5.74, 6) is -0.150. The first-order chi connectivity index (χ1) is 7.39. The molecule has 1 aromatic carbocycles. The van der Waals surface area contributed by atoms with Crippen molar-refractivity contribution in [3.05, 3.63) is 42.1 Å². The summed E-state index contributed by atoms with van der Waals surface area (Å²) in [6, 6.07) is 4.91. The SMILES string of the molecule is N=C(N)C=C[NH2+]c1cccc(C(F)(F)F)c1. The fourth-order valence-electron chi connectivity index (χ4n) is 1.08. The molecule has 0 radical (unpaired) electrons. The van der Waals surface area contributed by atoms with Crippen molar-refractivity contribution in [3.63, 3.8) is 0 Å². The van der Waals surface area contributed by atoms with E-state index in [0.29, 0.717) is 5.69 Å². The molecule has 0 aliphatic heterocycles. The number of hydrogen-bond donors (Lipinski definition) is 3. The monoisotopic (exact) mass is 230 g/mol. The first-order valence-corrected chi connectivity index (χ1v) is 4.42. The summed E-state index contributed by atoms with van der Waals surface area (Å²) in [5, 5.41) is 8.35. The Hall–Kier alpha value is -1.82. The molecule has 3 nitrogen and oxygen atoms in total. The number of nitrogens with one attached hydrogen (secondary N) is 1. The van der Waals surface area contributed by atoms with Gasteiger partial charge in [0.15, 0.2) is 0 Å². The van der Waals surface area contributed by atoms with E-state index in [0.717, 1.165) is 12.1 Å². The number of alkyl halides is 3. The second-order valence-electron chi connectivity index (χ2n) is 3.10. The number of quaternary nitrogens is 1. The van der Waals surface area contributed by atoms with Crippen LogP contribution in [0.5, 0.6) is 0 Å². The largest absolute Gasteiger partial charge is 0.416 e. The highest BCUT2D eigenvalue weighted by Gasteiger charge is 2.30. The summed E-state index contributed by atoms with van der Waals surface area (Å²) >= 11 is 0. The summed E-state index contributed by atoms with van der Waals surface area (Å²) in [5.41, 5.74) is 4.77. The average molecular weight is 230 g/mol. The van der Waals surface area contributed by atoms with Crippen LogP contribution in [0, 0.1) is 5.41 Å². The maximum Gasteiger partial charge on any atom is 0.416 e. The second-order valence-corrected chi connectivity index (χ2v) is 3.10. The highest BCUT2D eigenvalue weighted by molar-refractivity contribution is 5.88. The molecule has 0 fully saturated rings. The van der Waals surface area contributed by atoms with Crippen LogP contribution in [0.4, 0.5) is 18.9 Å². The lowest BCUT2D eigenvalue weighted by Crippen LogP contribution is -2.71. The topological polar surface area (TPSA) is 66.5 Å². The van der Waals surface area contributed by atoms with Crippen LogP contribution < -0.4 is 11.1 Å². The molecule has 6 heteroatoms. The number of nitrogens with two attached hydrogens (primary N) is 2. The van der Waals surface area contributed by atoms with Gasteiger partial charge in [-0.2, -0.15) is 13.2 Å². The quantitative estimate of drug-likeness (QED) is 0.409. The van der Waals surface area contributed by atoms with Gasteiger partial charge in [0.05, 0.1) is 5.56 Å². The number of benzene rings is 1. The average Bonchev–Trinajstić information content (AvgIpc) is 2.16. The third-order valence-electron chi connectivity index (χ3n) is 1.78. The van der Waals surface area contributed by atoms with Gasteiger partial charge in [-0.15, -0.1) is 0 Å². The molecule has 0 atom stereocenters. The minimum atomic E-state index is -4.34. The molecule has 86 valence electrons. The Morgan fingerprint density at radius 1 is 1.38 bits per heavy atom. The molecular weight excluding hydrogens is 219 g/mol. The van der Waals surface area contributed by atoms with Gasteiger partial charge in [0, 0.05) is 12.1 Å². The molecule has 0 spiro atoms. The summed E-state index contributed by atoms with van der Waals surface area (Å²) < 4.78 is 37.0. The van der Waals surface area contributed by atoms with Gasteiger partial charge in [0.25, 0.3) is 0 Å². The molecule has 0 heterocycles. The zero-order valence-corrected chi connectivity index (χ0v) is 8.25. The Labute approximate surface area is 90.3 Å². The Balaban J connectivity index is 2.79. The van der Waals surface area contributed by atoms with Crippen molar-refractivity contribution < 1.29 is 18.5 Å². The van der Waals surface area contributed by atoms with Gasteiger partial charge in [0.1, 0.15) is 17.7 Å². The van der Waals surface area contributed by atoms with Gasteiger partial charge in [-0.3, -0.25) is 10.7 Å². The zero-order valence-electron chi connectivity index (χ0n) is 8.25. The third-order valence-corrected chi connectivity index (χ3v) is 1.78. The van der Waals surface area contributed by atoms with E-state index in [1.165, 1.54) is 23.7 Å². The van der Waals surface area contributed by atoms with E-state index in [-0.39, 0.29) is 5.84 Å². The normalized spacial score (nSPS) is 11.9. The lowest BCUT2D eigenvalue weighted by Gasteiger charge is -2.06. The predicted molar refractivity (Wildman–Crippen MR) is 54.1 cm³/mol. The molecule has 0 amide bonds. The molecule has 5 N–H and O–H groups in total. The van der Waals surface area contributed by atoms with Crippen molar-refractivity contribution in [1.82, 2.24) is 0 Å². The zero-order chi connectivity index (χ0) is 12.2. The van der Waals surface area contributed by atoms with Crippen molar-refractivity contribution in [2.75, 3.05) is 0 Å². The van der Waals surface area contributed by atoms with Gasteiger partial charge in [-0.05, 0) is 12.1 Å². The molecule has 0 bridgehead atoms. The lowest BCUT2D eigenvalue weighted by atomic mass is 10.2. The van der Waals surface area contributed by atoms with Crippen LogP contribution in [-0.2, 0) is 6.18 Å². The van der Waals surface area contributed by atoms with Crippen molar-refractivity contribution >= 4 is 11.5 Å². The number of halogens is 3. The highest BCUT2D eigenvalue weighted by Crippen LogP contribution is 2.29. The summed E-state index contributed by atoms with van der Waals surface area (Å²) in [6.45, 7) is 0. The molecule has 16 heavy (non-hydrogen) atoms. The number of rotatable bonds is 3. The smallest absolute Gasteiger partial charge is 0.384 e. The summed E-state index contributed by atoms with van der Waals surface area (Å²) in [4.78, 5) is 0. The van der Waals surface area contributed by atoms with E-state index in [4.69, 9.17) is 11.1 Å². The minimum Gasteiger partial charge on any atom is -0.384 e. The molecule has 0 unspecified atom stereocenters. The summed E-state index contributed by atoms with van der Waals surface area (Å²) in [6.07, 6.45) is -1.62. The second kappa shape index (κ2) is 4.80. The van der Waals surface area contributed by atoms with Gasteiger partial charge < -0.3 is 5.73 Å². The number of hydrogen-bond acceptors (Lipinski definition) is 1. The van der Waals surface area contributed by atoms with E-state index >= 15 is 0 Å². The fraction of sp³-hybridized carbons (Fsp3) is 0.100. The highest BCUT2D eigenvalue weighted by atomic mass is 19.4. The van der Waals surface area contributed by atoms with Crippen molar-refractivity contribution in [2.45, 2.75) is 6.18 Å². The predicted octanol–water partition coefficient (Wildman–Crippen LogP) is 1.35. The minimum absolute atomic E-state index is 0.150. The van der Waals surface area contributed by atoms with Gasteiger partial charge >= 0.3 is 6.18 Å². The van der Waals surface area contributed by atoms with Crippen molar-refractivity contribution in [2.24, 2.45) is 5.73 Å². The maximum atomic E-state index is 12.3. The molecule has 0 aliphatic carbocycles. The van der Waals surface area contributed by atoms with Crippen LogP contribution in [-0.4, -0.2) is 5.84 Å². The van der Waals surface area contributed by atoms with Gasteiger partial charge in [0.2, 0.25) is 0 Å². The van der Waals surface area contributed by atoms with E-state index in [2.05, 4.69) is 0 Å². The van der Waals surface area contributed by atoms with Gasteiger partial charge in [-0.25, -0.2) is 0 Å². The molecule has 1 aromatic rings. The molecule has 1 rings (SSSR count). The van der Waals surface area contributed by atoms with Crippen molar-refractivity contribution in [3.8, 4) is 0 Å².